The van der Waals surface area contributed by atoms with Crippen LogP contribution in [0.4, 0.5) is 0 Å². The van der Waals surface area contributed by atoms with Crippen LogP contribution in [0.5, 0.6) is 17.2 Å². The summed E-state index contributed by atoms with van der Waals surface area (Å²) >= 11 is 1.55. The first-order valence-electron chi connectivity index (χ1n) is 9.01. The molecular formula is C19H26N4O3S. The van der Waals surface area contributed by atoms with Crippen molar-refractivity contribution in [1.82, 2.24) is 9.99 Å². The Morgan fingerprint density at radius 1 is 1.15 bits per heavy atom. The van der Waals surface area contributed by atoms with E-state index >= 15 is 0 Å². The molecule has 1 aliphatic heterocycles. The Kier molecular flexibility index (Phi) is 5.57. The van der Waals surface area contributed by atoms with Gasteiger partial charge < -0.3 is 20.6 Å². The molecule has 27 heavy (non-hydrogen) atoms. The van der Waals surface area contributed by atoms with E-state index < -0.39 is 11.5 Å². The Bertz CT molecular complexity index is 903. The van der Waals surface area contributed by atoms with Gasteiger partial charge in [-0.2, -0.15) is 5.10 Å². The van der Waals surface area contributed by atoms with Crippen LogP contribution < -0.4 is 10.1 Å². The molecular weight excluding hydrogens is 364 g/mol. The summed E-state index contributed by atoms with van der Waals surface area (Å²) in [7, 11) is 0. The van der Waals surface area contributed by atoms with Crippen molar-refractivity contribution in [2.45, 2.75) is 45.1 Å². The Morgan fingerprint density at radius 2 is 1.85 bits per heavy atom. The molecule has 146 valence electrons. The Labute approximate surface area is 162 Å². The zero-order valence-electron chi connectivity index (χ0n) is 15.8. The molecule has 1 saturated heterocycles. The largest absolute Gasteiger partial charge is 0.504 e. The van der Waals surface area contributed by atoms with Crippen molar-refractivity contribution in [3.05, 3.63) is 33.6 Å². The summed E-state index contributed by atoms with van der Waals surface area (Å²) in [5.74, 6) is -1.32. The third-order valence-electron chi connectivity index (χ3n) is 4.53. The van der Waals surface area contributed by atoms with E-state index in [9.17, 15) is 15.3 Å². The third kappa shape index (κ3) is 4.33. The standard InChI is InChI=1S/C19H26N4O3S/c1-19(2,3)15-11-27-18(22-13-6-8-20-9-7-13)23(15)21-10-12-4-5-14(24)17(26)16(12)25/h4-5,10-11,13,20,24-26H,6-9H2,1-3H3/b21-10+,22-18?. The van der Waals surface area contributed by atoms with E-state index in [-0.39, 0.29) is 17.2 Å². The highest BCUT2D eigenvalue weighted by Crippen LogP contribution is 2.36. The second-order valence-electron chi connectivity index (χ2n) is 7.69. The van der Waals surface area contributed by atoms with E-state index in [1.165, 1.54) is 18.3 Å². The normalized spacial score (nSPS) is 17.1. The van der Waals surface area contributed by atoms with E-state index in [1.807, 2.05) is 0 Å². The van der Waals surface area contributed by atoms with Gasteiger partial charge in [-0.05, 0) is 38.1 Å². The number of nitrogens with one attached hydrogen (secondary N) is 1. The highest BCUT2D eigenvalue weighted by molar-refractivity contribution is 7.07. The zero-order chi connectivity index (χ0) is 19.6. The van der Waals surface area contributed by atoms with Crippen LogP contribution in [-0.4, -0.2) is 45.3 Å². The third-order valence-corrected chi connectivity index (χ3v) is 5.36. The predicted octanol–water partition coefficient (Wildman–Crippen LogP) is 2.50. The van der Waals surface area contributed by atoms with Gasteiger partial charge in [-0.1, -0.05) is 20.8 Å². The molecule has 1 aromatic carbocycles. The average molecular weight is 391 g/mol. The van der Waals surface area contributed by atoms with Gasteiger partial charge in [0.1, 0.15) is 0 Å². The molecule has 2 heterocycles. The number of rotatable bonds is 3. The number of benzene rings is 1. The van der Waals surface area contributed by atoms with Crippen LogP contribution >= 0.6 is 11.3 Å². The highest BCUT2D eigenvalue weighted by Gasteiger charge is 2.21. The molecule has 4 N–H and O–H groups in total. The number of thiazole rings is 1. The number of hydrogen-bond donors (Lipinski definition) is 4. The van der Waals surface area contributed by atoms with Gasteiger partial charge in [-0.25, -0.2) is 4.68 Å². The number of aromatic nitrogens is 1. The lowest BCUT2D eigenvalue weighted by Crippen LogP contribution is -2.32. The van der Waals surface area contributed by atoms with E-state index in [0.29, 0.717) is 5.56 Å². The Hall–Kier alpha value is -2.32. The zero-order valence-corrected chi connectivity index (χ0v) is 16.6. The van der Waals surface area contributed by atoms with Crippen LogP contribution in [0.1, 0.15) is 44.9 Å². The molecule has 0 radical (unpaired) electrons. The maximum absolute atomic E-state index is 10.0. The fourth-order valence-corrected chi connectivity index (χ4v) is 4.03. The molecule has 7 nitrogen and oxygen atoms in total. The number of piperidine rings is 1. The number of hydrogen-bond acceptors (Lipinski definition) is 7. The lowest BCUT2D eigenvalue weighted by Gasteiger charge is -2.20. The molecule has 3 rings (SSSR count). The van der Waals surface area contributed by atoms with Crippen molar-refractivity contribution < 1.29 is 15.3 Å². The summed E-state index contributed by atoms with van der Waals surface area (Å²) in [6.45, 7) is 8.27. The fraction of sp³-hybridized carbons (Fsp3) is 0.474. The topological polar surface area (TPSA) is 102 Å². The summed E-state index contributed by atoms with van der Waals surface area (Å²) < 4.78 is 1.80. The van der Waals surface area contributed by atoms with Gasteiger partial charge in [0.25, 0.3) is 0 Å². The number of phenolic OH excluding ortho intramolecular Hbond substituents is 3. The Morgan fingerprint density at radius 3 is 2.52 bits per heavy atom. The van der Waals surface area contributed by atoms with E-state index in [2.05, 4.69) is 36.6 Å². The van der Waals surface area contributed by atoms with Crippen LogP contribution in [0.2, 0.25) is 0 Å². The maximum atomic E-state index is 10.0. The second kappa shape index (κ2) is 7.74. The van der Waals surface area contributed by atoms with Gasteiger partial charge in [-0.3, -0.25) is 4.99 Å². The van der Waals surface area contributed by atoms with E-state index in [0.717, 1.165) is 36.4 Å². The van der Waals surface area contributed by atoms with Crippen LogP contribution in [0.25, 0.3) is 0 Å². The molecule has 0 spiro atoms. The molecule has 0 saturated carbocycles. The SMILES string of the molecule is CC(C)(C)c1csc(=NC2CCNCC2)n1/N=C/c1ccc(O)c(O)c1O. The van der Waals surface area contributed by atoms with Crippen molar-refractivity contribution in [3.8, 4) is 17.2 Å². The highest BCUT2D eigenvalue weighted by atomic mass is 32.1. The van der Waals surface area contributed by atoms with Gasteiger partial charge in [0.05, 0.1) is 18.0 Å². The molecule has 8 heteroatoms. The monoisotopic (exact) mass is 390 g/mol. The summed E-state index contributed by atoms with van der Waals surface area (Å²) in [6, 6.07) is 3.09. The van der Waals surface area contributed by atoms with Crippen LogP contribution in [0.15, 0.2) is 27.6 Å². The van der Waals surface area contributed by atoms with E-state index in [4.69, 9.17) is 4.99 Å². The number of phenols is 3. The minimum absolute atomic E-state index is 0.130. The van der Waals surface area contributed by atoms with Gasteiger partial charge in [0.2, 0.25) is 10.6 Å². The maximum Gasteiger partial charge on any atom is 0.206 e. The lowest BCUT2D eigenvalue weighted by molar-refractivity contribution is 0.367. The van der Waals surface area contributed by atoms with Crippen molar-refractivity contribution in [2.24, 2.45) is 10.1 Å². The van der Waals surface area contributed by atoms with Crippen molar-refractivity contribution in [3.63, 3.8) is 0 Å². The molecule has 0 amide bonds. The second-order valence-corrected chi connectivity index (χ2v) is 8.53. The van der Waals surface area contributed by atoms with Crippen molar-refractivity contribution >= 4 is 17.6 Å². The average Bonchev–Trinajstić information content (AvgIpc) is 3.03. The summed E-state index contributed by atoms with van der Waals surface area (Å²) in [6.07, 6.45) is 3.47. The molecule has 1 aliphatic rings. The first-order valence-corrected chi connectivity index (χ1v) is 9.89. The molecule has 1 aromatic heterocycles. The Balaban J connectivity index is 2.03. The first kappa shape index (κ1) is 19.4. The summed E-state index contributed by atoms with van der Waals surface area (Å²) in [5, 5.41) is 39.2. The molecule has 0 bridgehead atoms. The van der Waals surface area contributed by atoms with Crippen LogP contribution in [0, 0.1) is 0 Å². The van der Waals surface area contributed by atoms with E-state index in [1.54, 1.807) is 16.0 Å². The minimum Gasteiger partial charge on any atom is -0.504 e. The van der Waals surface area contributed by atoms with Crippen molar-refractivity contribution in [1.29, 1.82) is 0 Å². The van der Waals surface area contributed by atoms with Gasteiger partial charge in [-0.15, -0.1) is 11.3 Å². The smallest absolute Gasteiger partial charge is 0.206 e. The first-order chi connectivity index (χ1) is 12.8. The predicted molar refractivity (Wildman–Crippen MR) is 107 cm³/mol. The van der Waals surface area contributed by atoms with Gasteiger partial charge in [0, 0.05) is 16.4 Å². The van der Waals surface area contributed by atoms with Crippen LogP contribution in [-0.2, 0) is 5.41 Å². The lowest BCUT2D eigenvalue weighted by atomic mass is 9.93. The van der Waals surface area contributed by atoms with Gasteiger partial charge in [0.15, 0.2) is 11.5 Å². The summed E-state index contributed by atoms with van der Waals surface area (Å²) in [5.41, 5.74) is 1.20. The molecule has 0 aliphatic carbocycles. The molecule has 0 unspecified atom stereocenters. The quantitative estimate of drug-likeness (QED) is 0.478. The summed E-state index contributed by atoms with van der Waals surface area (Å²) in [4.78, 5) is 5.71. The fourth-order valence-electron chi connectivity index (χ4n) is 2.90. The molecule has 1 fully saturated rings. The van der Waals surface area contributed by atoms with Crippen molar-refractivity contribution in [2.75, 3.05) is 13.1 Å². The van der Waals surface area contributed by atoms with Gasteiger partial charge >= 0.3 is 0 Å². The molecule has 2 aromatic rings. The minimum atomic E-state index is -0.551. The van der Waals surface area contributed by atoms with Crippen LogP contribution in [0.3, 0.4) is 0 Å². The molecule has 0 atom stereocenters. The number of aromatic hydroxyl groups is 3. The number of nitrogens with zero attached hydrogens (tertiary/aromatic N) is 3.